The lowest BCUT2D eigenvalue weighted by molar-refractivity contribution is 0.208. The van der Waals surface area contributed by atoms with Gasteiger partial charge < -0.3 is 14.4 Å². The molecule has 1 saturated heterocycles. The molecule has 8 heteroatoms. The number of imidazole rings is 1. The summed E-state index contributed by atoms with van der Waals surface area (Å²) < 4.78 is 1.89. The summed E-state index contributed by atoms with van der Waals surface area (Å²) in [6.45, 7) is 12.4. The monoisotopic (exact) mass is 414 g/mol. The lowest BCUT2D eigenvalue weighted by Gasteiger charge is -2.35. The van der Waals surface area contributed by atoms with Gasteiger partial charge in [0.2, 0.25) is 5.95 Å². The molecule has 1 aliphatic rings. The second kappa shape index (κ2) is 8.69. The minimum absolute atomic E-state index is 0.156. The van der Waals surface area contributed by atoms with Gasteiger partial charge in [0.15, 0.2) is 0 Å². The number of hydrogen-bond acceptors (Lipinski definition) is 4. The van der Waals surface area contributed by atoms with Gasteiger partial charge in [-0.3, -0.25) is 5.32 Å². The first-order valence-electron chi connectivity index (χ1n) is 9.56. The quantitative estimate of drug-likeness (QED) is 0.764. The summed E-state index contributed by atoms with van der Waals surface area (Å²) in [4.78, 5) is 25.5. The normalized spacial score (nSPS) is 14.9. The topological polar surface area (TPSA) is 66.3 Å². The fraction of sp³-hybridized carbons (Fsp3) is 0.381. The highest BCUT2D eigenvalue weighted by atomic mass is 35.5. The number of aryl methyl sites for hydroxylation is 1. The first kappa shape index (κ1) is 20.9. The van der Waals surface area contributed by atoms with E-state index in [1.54, 1.807) is 11.1 Å². The molecule has 0 unspecified atom stereocenters. The number of carbonyl (C=O) groups is 1. The summed E-state index contributed by atoms with van der Waals surface area (Å²) in [5.41, 5.74) is 3.90. The Morgan fingerprint density at radius 2 is 1.97 bits per heavy atom. The van der Waals surface area contributed by atoms with Crippen molar-refractivity contribution in [3.63, 3.8) is 0 Å². The van der Waals surface area contributed by atoms with Crippen LogP contribution < -0.4 is 10.2 Å². The SMILES string of the molecule is C=C(C)/C(C)=C\c1c(C)nc(NC(=O)N2CCN(c3ncccc3Cl)CC2)n1C. The average Bonchev–Trinajstić information content (AvgIpc) is 2.95. The van der Waals surface area contributed by atoms with Crippen molar-refractivity contribution in [3.8, 4) is 0 Å². The molecular weight excluding hydrogens is 388 g/mol. The van der Waals surface area contributed by atoms with Crippen molar-refractivity contribution in [2.75, 3.05) is 36.4 Å². The predicted molar refractivity (Wildman–Crippen MR) is 118 cm³/mol. The molecule has 1 fully saturated rings. The van der Waals surface area contributed by atoms with Gasteiger partial charge in [0.1, 0.15) is 5.82 Å². The largest absolute Gasteiger partial charge is 0.352 e. The van der Waals surface area contributed by atoms with Gasteiger partial charge in [-0.25, -0.2) is 14.8 Å². The van der Waals surface area contributed by atoms with Gasteiger partial charge in [0.05, 0.1) is 16.4 Å². The van der Waals surface area contributed by atoms with E-state index in [0.717, 1.165) is 28.4 Å². The third-order valence-electron chi connectivity index (χ3n) is 5.17. The van der Waals surface area contributed by atoms with Crippen LogP contribution in [0.25, 0.3) is 6.08 Å². The molecule has 0 saturated carbocycles. The number of carbonyl (C=O) groups excluding carboxylic acids is 1. The van der Waals surface area contributed by atoms with Crippen LogP contribution >= 0.6 is 11.6 Å². The molecule has 0 aliphatic carbocycles. The summed E-state index contributed by atoms with van der Waals surface area (Å²) in [7, 11) is 1.90. The number of urea groups is 1. The van der Waals surface area contributed by atoms with E-state index in [9.17, 15) is 4.79 Å². The summed E-state index contributed by atoms with van der Waals surface area (Å²) in [6.07, 6.45) is 3.76. The van der Waals surface area contributed by atoms with Crippen molar-refractivity contribution in [3.05, 3.63) is 52.5 Å². The van der Waals surface area contributed by atoms with Crippen LogP contribution in [0.15, 0.2) is 36.1 Å². The number of rotatable bonds is 4. The molecule has 0 spiro atoms. The van der Waals surface area contributed by atoms with Crippen LogP contribution in [0.2, 0.25) is 5.02 Å². The first-order valence-corrected chi connectivity index (χ1v) is 9.94. The lowest BCUT2D eigenvalue weighted by Crippen LogP contribution is -2.50. The zero-order valence-electron chi connectivity index (χ0n) is 17.4. The molecule has 1 N–H and O–H groups in total. The van der Waals surface area contributed by atoms with Crippen LogP contribution in [0.4, 0.5) is 16.6 Å². The van der Waals surface area contributed by atoms with E-state index < -0.39 is 0 Å². The van der Waals surface area contributed by atoms with E-state index in [1.807, 2.05) is 50.6 Å². The number of anilines is 2. The third-order valence-corrected chi connectivity index (χ3v) is 5.47. The molecule has 0 bridgehead atoms. The van der Waals surface area contributed by atoms with Gasteiger partial charge in [0.25, 0.3) is 0 Å². The highest BCUT2D eigenvalue weighted by molar-refractivity contribution is 6.32. The highest BCUT2D eigenvalue weighted by Gasteiger charge is 2.24. The summed E-state index contributed by atoms with van der Waals surface area (Å²) >= 11 is 6.24. The zero-order valence-corrected chi connectivity index (χ0v) is 18.1. The van der Waals surface area contributed by atoms with Crippen LogP contribution in [0.5, 0.6) is 0 Å². The Balaban J connectivity index is 1.65. The van der Waals surface area contributed by atoms with Crippen LogP contribution in [0.1, 0.15) is 25.2 Å². The summed E-state index contributed by atoms with van der Waals surface area (Å²) in [5, 5.41) is 3.56. The Morgan fingerprint density at radius 1 is 1.28 bits per heavy atom. The Labute approximate surface area is 176 Å². The van der Waals surface area contributed by atoms with Crippen molar-refractivity contribution in [2.45, 2.75) is 20.8 Å². The molecular formula is C21H27ClN6O. The van der Waals surface area contributed by atoms with Crippen LogP contribution in [0.3, 0.4) is 0 Å². The second-order valence-electron chi connectivity index (χ2n) is 7.29. The lowest BCUT2D eigenvalue weighted by atomic mass is 10.1. The van der Waals surface area contributed by atoms with Crippen molar-refractivity contribution < 1.29 is 4.79 Å². The maximum atomic E-state index is 12.8. The number of nitrogens with one attached hydrogen (secondary N) is 1. The standard InChI is InChI=1S/C21H27ClN6O/c1-14(2)15(3)13-18-16(4)24-20(26(18)5)25-21(29)28-11-9-27(10-12-28)19-17(22)7-6-8-23-19/h6-8,13H,1,9-12H2,2-5H3,(H,24,25,29)/b15-13-. The molecule has 2 amide bonds. The van der Waals surface area contributed by atoms with Crippen molar-refractivity contribution >= 4 is 35.5 Å². The number of amides is 2. The van der Waals surface area contributed by atoms with Gasteiger partial charge in [-0.15, -0.1) is 0 Å². The molecule has 2 aromatic rings. The summed E-state index contributed by atoms with van der Waals surface area (Å²) in [6, 6.07) is 3.48. The number of pyridine rings is 1. The van der Waals surface area contributed by atoms with Crippen LogP contribution in [-0.2, 0) is 7.05 Å². The number of piperazine rings is 1. The minimum atomic E-state index is -0.156. The van der Waals surface area contributed by atoms with Crippen molar-refractivity contribution in [1.29, 1.82) is 0 Å². The van der Waals surface area contributed by atoms with Crippen molar-refractivity contribution in [1.82, 2.24) is 19.4 Å². The molecule has 0 radical (unpaired) electrons. The maximum Gasteiger partial charge on any atom is 0.324 e. The maximum absolute atomic E-state index is 12.8. The molecule has 1 aliphatic heterocycles. The van der Waals surface area contributed by atoms with Gasteiger partial charge in [0, 0.05) is 39.4 Å². The Hall–Kier alpha value is -2.80. The minimum Gasteiger partial charge on any atom is -0.352 e. The number of hydrogen-bond donors (Lipinski definition) is 1. The predicted octanol–water partition coefficient (Wildman–Crippen LogP) is 4.11. The average molecular weight is 415 g/mol. The van der Waals surface area contributed by atoms with E-state index in [2.05, 4.69) is 26.8 Å². The van der Waals surface area contributed by atoms with Gasteiger partial charge in [-0.1, -0.05) is 23.8 Å². The van der Waals surface area contributed by atoms with Gasteiger partial charge >= 0.3 is 6.03 Å². The highest BCUT2D eigenvalue weighted by Crippen LogP contribution is 2.24. The molecule has 3 rings (SSSR count). The number of halogens is 1. The molecule has 2 aromatic heterocycles. The van der Waals surface area contributed by atoms with E-state index in [-0.39, 0.29) is 6.03 Å². The van der Waals surface area contributed by atoms with Gasteiger partial charge in [-0.2, -0.15) is 0 Å². The third kappa shape index (κ3) is 4.62. The van der Waals surface area contributed by atoms with Crippen LogP contribution in [-0.4, -0.2) is 51.6 Å². The van der Waals surface area contributed by atoms with Crippen molar-refractivity contribution in [2.24, 2.45) is 7.05 Å². The number of aromatic nitrogens is 3. The zero-order chi connectivity index (χ0) is 21.1. The molecule has 0 atom stereocenters. The number of nitrogens with zero attached hydrogens (tertiary/aromatic N) is 5. The first-order chi connectivity index (χ1) is 13.8. The number of allylic oxidation sites excluding steroid dienone is 2. The molecule has 154 valence electrons. The van der Waals surface area contributed by atoms with E-state index in [1.165, 1.54) is 0 Å². The van der Waals surface area contributed by atoms with E-state index >= 15 is 0 Å². The molecule has 7 nitrogen and oxygen atoms in total. The van der Waals surface area contributed by atoms with E-state index in [0.29, 0.717) is 37.1 Å². The Bertz CT molecular complexity index is 956. The molecule has 3 heterocycles. The Morgan fingerprint density at radius 3 is 2.59 bits per heavy atom. The molecule has 0 aromatic carbocycles. The smallest absolute Gasteiger partial charge is 0.324 e. The van der Waals surface area contributed by atoms with Crippen LogP contribution in [0, 0.1) is 6.92 Å². The van der Waals surface area contributed by atoms with E-state index in [4.69, 9.17) is 11.6 Å². The fourth-order valence-electron chi connectivity index (χ4n) is 3.20. The molecule has 29 heavy (non-hydrogen) atoms. The summed E-state index contributed by atoms with van der Waals surface area (Å²) in [5.74, 6) is 1.29. The van der Waals surface area contributed by atoms with Gasteiger partial charge in [-0.05, 0) is 44.6 Å². The Kier molecular flexibility index (Phi) is 6.27. The second-order valence-corrected chi connectivity index (χ2v) is 7.69. The fourth-order valence-corrected chi connectivity index (χ4v) is 3.44.